The van der Waals surface area contributed by atoms with Gasteiger partial charge in [0.15, 0.2) is 0 Å². The highest BCUT2D eigenvalue weighted by molar-refractivity contribution is 6.42. The minimum absolute atomic E-state index is 0.0799. The van der Waals surface area contributed by atoms with Gasteiger partial charge in [0.05, 0.1) is 23.2 Å². The summed E-state index contributed by atoms with van der Waals surface area (Å²) in [6, 6.07) is 20.9. The number of amides is 1. The van der Waals surface area contributed by atoms with Gasteiger partial charge in [-0.1, -0.05) is 53.5 Å². The molecule has 1 aliphatic rings. The zero-order chi connectivity index (χ0) is 21.5. The maximum absolute atomic E-state index is 13.6. The number of ether oxygens (including phenoxy) is 1. The Morgan fingerprint density at radius 3 is 2.55 bits per heavy atom. The minimum atomic E-state index is -0.246. The number of nitrogens with one attached hydrogen (secondary N) is 1. The van der Waals surface area contributed by atoms with Crippen LogP contribution in [-0.4, -0.2) is 29.4 Å². The third-order valence-corrected chi connectivity index (χ3v) is 6.63. The van der Waals surface area contributed by atoms with Crippen LogP contribution in [0, 0.1) is 0 Å². The maximum Gasteiger partial charge on any atom is 0.254 e. The van der Waals surface area contributed by atoms with E-state index in [4.69, 9.17) is 27.9 Å². The highest BCUT2D eigenvalue weighted by Crippen LogP contribution is 2.39. The van der Waals surface area contributed by atoms with E-state index in [2.05, 4.69) is 17.1 Å². The van der Waals surface area contributed by atoms with Gasteiger partial charge in [-0.3, -0.25) is 4.79 Å². The molecule has 0 fully saturated rings. The van der Waals surface area contributed by atoms with Crippen molar-refractivity contribution in [2.75, 3.05) is 13.7 Å². The van der Waals surface area contributed by atoms with E-state index in [0.717, 1.165) is 28.9 Å². The molecule has 156 valence electrons. The fraction of sp³-hybridized carbons (Fsp3) is 0.160. The second-order valence-electron chi connectivity index (χ2n) is 7.62. The summed E-state index contributed by atoms with van der Waals surface area (Å²) >= 11 is 12.3. The molecular formula is C25H20Cl2N2O2. The maximum atomic E-state index is 13.6. The molecule has 6 heteroatoms. The molecular weight excluding hydrogens is 431 g/mol. The van der Waals surface area contributed by atoms with Crippen molar-refractivity contribution in [2.24, 2.45) is 0 Å². The van der Waals surface area contributed by atoms with Crippen LogP contribution in [0.1, 0.15) is 33.2 Å². The van der Waals surface area contributed by atoms with Crippen molar-refractivity contribution in [3.05, 3.63) is 99.2 Å². The van der Waals surface area contributed by atoms with Gasteiger partial charge in [-0.2, -0.15) is 0 Å². The van der Waals surface area contributed by atoms with Gasteiger partial charge < -0.3 is 14.6 Å². The first-order valence-corrected chi connectivity index (χ1v) is 10.8. The summed E-state index contributed by atoms with van der Waals surface area (Å²) in [7, 11) is 1.64. The first-order chi connectivity index (χ1) is 15.1. The summed E-state index contributed by atoms with van der Waals surface area (Å²) in [4.78, 5) is 19.1. The Kier molecular flexibility index (Phi) is 5.12. The van der Waals surface area contributed by atoms with Crippen molar-refractivity contribution in [1.82, 2.24) is 9.88 Å². The van der Waals surface area contributed by atoms with E-state index in [0.29, 0.717) is 22.2 Å². The monoisotopic (exact) mass is 450 g/mol. The van der Waals surface area contributed by atoms with Gasteiger partial charge in [0, 0.05) is 28.7 Å². The normalized spacial score (nSPS) is 15.7. The van der Waals surface area contributed by atoms with Gasteiger partial charge in [-0.05, 0) is 53.9 Å². The quantitative estimate of drug-likeness (QED) is 0.399. The standard InChI is InChI=1S/C25H20Cl2N2O2/c1-31-17-9-6-15(7-10-17)24-23-19(18-4-2-3-5-22(18)28-23)12-13-29(24)25(30)16-8-11-20(26)21(27)14-16/h2-11,14,24,28H,12-13H2,1H3/t24-/m0/s1. The van der Waals surface area contributed by atoms with Crippen molar-refractivity contribution >= 4 is 40.0 Å². The average Bonchev–Trinajstić information content (AvgIpc) is 3.18. The average molecular weight is 451 g/mol. The molecule has 31 heavy (non-hydrogen) atoms. The number of nitrogens with zero attached hydrogens (tertiary/aromatic N) is 1. The fourth-order valence-electron chi connectivity index (χ4n) is 4.39. The summed E-state index contributed by atoms with van der Waals surface area (Å²) in [6.07, 6.45) is 0.777. The van der Waals surface area contributed by atoms with Gasteiger partial charge in [0.1, 0.15) is 5.75 Å². The van der Waals surface area contributed by atoms with E-state index in [1.54, 1.807) is 25.3 Å². The lowest BCUT2D eigenvalue weighted by Crippen LogP contribution is -2.40. The van der Waals surface area contributed by atoms with E-state index >= 15 is 0 Å². The zero-order valence-corrected chi connectivity index (χ0v) is 18.4. The first-order valence-electron chi connectivity index (χ1n) is 10.1. The number of methoxy groups -OCH3 is 1. The molecule has 2 heterocycles. The molecule has 5 rings (SSSR count). The Morgan fingerprint density at radius 2 is 1.81 bits per heavy atom. The van der Waals surface area contributed by atoms with Gasteiger partial charge in [-0.25, -0.2) is 0 Å². The molecule has 0 saturated heterocycles. The number of aromatic nitrogens is 1. The number of halogens is 2. The Morgan fingerprint density at radius 1 is 1.03 bits per heavy atom. The van der Waals surface area contributed by atoms with Gasteiger partial charge in [0.2, 0.25) is 0 Å². The van der Waals surface area contributed by atoms with Crippen LogP contribution in [-0.2, 0) is 6.42 Å². The molecule has 3 aromatic carbocycles. The molecule has 1 N–H and O–H groups in total. The van der Waals surface area contributed by atoms with Gasteiger partial charge >= 0.3 is 0 Å². The fourth-order valence-corrected chi connectivity index (χ4v) is 4.69. The minimum Gasteiger partial charge on any atom is -0.497 e. The third kappa shape index (κ3) is 3.46. The van der Waals surface area contributed by atoms with Crippen molar-refractivity contribution in [3.63, 3.8) is 0 Å². The third-order valence-electron chi connectivity index (χ3n) is 5.89. The van der Waals surface area contributed by atoms with Crippen LogP contribution in [0.2, 0.25) is 10.0 Å². The van der Waals surface area contributed by atoms with E-state index in [-0.39, 0.29) is 11.9 Å². The summed E-state index contributed by atoms with van der Waals surface area (Å²) in [5.74, 6) is 0.697. The number of carbonyl (C=O) groups excluding carboxylic acids is 1. The number of fused-ring (bicyclic) bond motifs is 3. The smallest absolute Gasteiger partial charge is 0.254 e. The number of hydrogen-bond donors (Lipinski definition) is 1. The Labute approximate surface area is 190 Å². The largest absolute Gasteiger partial charge is 0.497 e. The molecule has 0 unspecified atom stereocenters. The molecule has 1 amide bonds. The molecule has 1 aliphatic heterocycles. The summed E-state index contributed by atoms with van der Waals surface area (Å²) in [5.41, 5.74) is 4.92. The van der Waals surface area contributed by atoms with Crippen LogP contribution >= 0.6 is 23.2 Å². The number of carbonyl (C=O) groups is 1. The number of H-pyrrole nitrogens is 1. The van der Waals surface area contributed by atoms with E-state index in [9.17, 15) is 4.79 Å². The lowest BCUT2D eigenvalue weighted by molar-refractivity contribution is 0.0692. The second-order valence-corrected chi connectivity index (χ2v) is 8.43. The second kappa shape index (κ2) is 7.95. The highest BCUT2D eigenvalue weighted by atomic mass is 35.5. The van der Waals surface area contributed by atoms with Crippen LogP contribution in [0.5, 0.6) is 5.75 Å². The van der Waals surface area contributed by atoms with Crippen LogP contribution in [0.4, 0.5) is 0 Å². The van der Waals surface area contributed by atoms with E-state index in [1.165, 1.54) is 10.9 Å². The molecule has 0 aliphatic carbocycles. The van der Waals surface area contributed by atoms with Gasteiger partial charge in [0.25, 0.3) is 5.91 Å². The van der Waals surface area contributed by atoms with E-state index in [1.807, 2.05) is 41.3 Å². The molecule has 4 aromatic rings. The number of hydrogen-bond acceptors (Lipinski definition) is 2. The zero-order valence-electron chi connectivity index (χ0n) is 16.9. The predicted molar refractivity (Wildman–Crippen MR) is 124 cm³/mol. The number of benzene rings is 3. The van der Waals surface area contributed by atoms with Crippen LogP contribution in [0.25, 0.3) is 10.9 Å². The molecule has 0 bridgehead atoms. The predicted octanol–water partition coefficient (Wildman–Crippen LogP) is 6.27. The van der Waals surface area contributed by atoms with Crippen LogP contribution in [0.3, 0.4) is 0 Å². The van der Waals surface area contributed by atoms with Crippen molar-refractivity contribution in [3.8, 4) is 5.75 Å². The lowest BCUT2D eigenvalue weighted by Gasteiger charge is -2.36. The topological polar surface area (TPSA) is 45.3 Å². The van der Waals surface area contributed by atoms with Crippen molar-refractivity contribution in [2.45, 2.75) is 12.5 Å². The lowest BCUT2D eigenvalue weighted by atomic mass is 9.91. The highest BCUT2D eigenvalue weighted by Gasteiger charge is 2.35. The molecule has 1 aromatic heterocycles. The molecule has 0 radical (unpaired) electrons. The summed E-state index contributed by atoms with van der Waals surface area (Å²) in [5, 5.41) is 2.01. The Hall–Kier alpha value is -2.95. The van der Waals surface area contributed by atoms with Crippen LogP contribution in [0.15, 0.2) is 66.7 Å². The molecule has 0 spiro atoms. The Balaban J connectivity index is 1.64. The number of rotatable bonds is 3. The first kappa shape index (κ1) is 20.0. The SMILES string of the molecule is COc1ccc([C@H]2c3[nH]c4ccccc4c3CCN2C(=O)c2ccc(Cl)c(Cl)c2)cc1. The van der Waals surface area contributed by atoms with Crippen molar-refractivity contribution in [1.29, 1.82) is 0 Å². The van der Waals surface area contributed by atoms with Crippen molar-refractivity contribution < 1.29 is 9.53 Å². The molecule has 0 saturated carbocycles. The number of aromatic amines is 1. The summed E-state index contributed by atoms with van der Waals surface area (Å²) in [6.45, 7) is 0.602. The number of para-hydroxylation sites is 1. The van der Waals surface area contributed by atoms with E-state index < -0.39 is 0 Å². The van der Waals surface area contributed by atoms with Crippen LogP contribution < -0.4 is 4.74 Å². The summed E-state index contributed by atoms with van der Waals surface area (Å²) < 4.78 is 5.33. The molecule has 1 atom stereocenters. The van der Waals surface area contributed by atoms with Gasteiger partial charge in [-0.15, -0.1) is 0 Å². The molecule has 4 nitrogen and oxygen atoms in total. The Bertz CT molecular complexity index is 1280.